The minimum atomic E-state index is -0.911. The molecule has 0 saturated carbocycles. The minimum Gasteiger partial charge on any atom is -0.462 e. The third-order valence-corrected chi connectivity index (χ3v) is 9.18. The summed E-state index contributed by atoms with van der Waals surface area (Å²) in [4.78, 5) is 39.4. The number of hydrogen-bond donors (Lipinski definition) is 1. The van der Waals surface area contributed by atoms with Crippen LogP contribution in [0.25, 0.3) is 0 Å². The van der Waals surface area contributed by atoms with Gasteiger partial charge < -0.3 is 19.5 Å². The molecule has 0 aromatic heterocycles. The number of rotatable bonds is 35. The van der Waals surface area contributed by atoms with E-state index in [1.165, 1.54) is 25.7 Å². The van der Waals surface area contributed by atoms with Crippen molar-refractivity contribution >= 4 is 18.0 Å². The van der Waals surface area contributed by atoms with Gasteiger partial charge in [0.2, 0.25) is 0 Å². The first-order valence-electron chi connectivity index (χ1n) is 21.3. The van der Waals surface area contributed by atoms with Crippen molar-refractivity contribution in [1.29, 1.82) is 0 Å². The number of alkyl carbamates (subject to hydrolysis) is 1. The van der Waals surface area contributed by atoms with Gasteiger partial charge in [-0.15, -0.1) is 0 Å². The van der Waals surface area contributed by atoms with Gasteiger partial charge in [-0.2, -0.15) is 0 Å². The fourth-order valence-corrected chi connectivity index (χ4v) is 5.92. The molecule has 1 heterocycles. The number of alkyl halides is 1. The fraction of sp³-hybridized carbons (Fsp3) is 0.711. The molecule has 8 nitrogen and oxygen atoms in total. The molecule has 0 aromatic rings. The Bertz CT molecular complexity index is 1080. The molecule has 1 fully saturated rings. The van der Waals surface area contributed by atoms with Crippen LogP contribution in [0.1, 0.15) is 155 Å². The lowest BCUT2D eigenvalue weighted by molar-refractivity contribution is -0.152. The third-order valence-electron chi connectivity index (χ3n) is 9.18. The van der Waals surface area contributed by atoms with Gasteiger partial charge in [-0.05, 0) is 77.0 Å². The first kappa shape index (κ1) is 48.8. The zero-order valence-corrected chi connectivity index (χ0v) is 34.0. The lowest BCUT2D eigenvalue weighted by Gasteiger charge is -2.38. The highest BCUT2D eigenvalue weighted by Gasteiger charge is 2.29. The second kappa shape index (κ2) is 36.8. The molecule has 1 aliphatic rings. The van der Waals surface area contributed by atoms with Crippen LogP contribution in [0, 0.1) is 0 Å². The molecule has 1 aliphatic heterocycles. The number of ether oxygens (including phenoxy) is 3. The Labute approximate surface area is 328 Å². The van der Waals surface area contributed by atoms with Crippen LogP contribution in [-0.4, -0.2) is 74.6 Å². The number of hydrogen-bond acceptors (Lipinski definition) is 7. The molecule has 1 unspecified atom stereocenters. The van der Waals surface area contributed by atoms with Crippen molar-refractivity contribution in [2.45, 2.75) is 167 Å². The molecule has 0 bridgehead atoms. The normalized spacial score (nSPS) is 14.5. The van der Waals surface area contributed by atoms with Gasteiger partial charge in [0.1, 0.15) is 19.9 Å². The van der Waals surface area contributed by atoms with E-state index in [1.54, 1.807) is 0 Å². The number of nitrogens with zero attached hydrogens (tertiary/aromatic N) is 1. The van der Waals surface area contributed by atoms with E-state index in [4.69, 9.17) is 14.2 Å². The summed E-state index contributed by atoms with van der Waals surface area (Å²) in [6.45, 7) is 5.01. The monoisotopic (exact) mass is 759 g/mol. The summed E-state index contributed by atoms with van der Waals surface area (Å²) in [5, 5.41) is 2.76. The number of nitrogens with one attached hydrogen (secondary N) is 1. The smallest absolute Gasteiger partial charge is 0.407 e. The van der Waals surface area contributed by atoms with Crippen LogP contribution < -0.4 is 5.32 Å². The largest absolute Gasteiger partial charge is 0.462 e. The Balaban J connectivity index is 2.26. The molecular formula is C45H75FN2O6. The van der Waals surface area contributed by atoms with Gasteiger partial charge in [0, 0.05) is 32.5 Å². The number of carbonyl (C=O) groups excluding carboxylic acids is 3. The SMILES string of the molecule is CC/C=C\C/C=C\C/C=C\CCCCCCCC(=O)OCC(COC(=O)CCCCCCC/C=C\C/C=C\CCCCC)OC(=O)NC1CN(CCF)C1. The molecule has 1 rings (SSSR count). The van der Waals surface area contributed by atoms with Crippen LogP contribution >= 0.6 is 0 Å². The number of carbonyl (C=O) groups is 3. The molecule has 1 N–H and O–H groups in total. The molecular weight excluding hydrogens is 684 g/mol. The van der Waals surface area contributed by atoms with E-state index >= 15 is 0 Å². The Morgan fingerprint density at radius 2 is 1.07 bits per heavy atom. The Kier molecular flexibility index (Phi) is 33.2. The zero-order chi connectivity index (χ0) is 39.2. The van der Waals surface area contributed by atoms with Crippen molar-refractivity contribution in [2.75, 3.05) is 39.5 Å². The van der Waals surface area contributed by atoms with Gasteiger partial charge in [-0.25, -0.2) is 9.18 Å². The maximum atomic E-state index is 12.6. The average molecular weight is 759 g/mol. The molecule has 0 spiro atoms. The van der Waals surface area contributed by atoms with Crippen molar-refractivity contribution in [2.24, 2.45) is 0 Å². The van der Waals surface area contributed by atoms with Crippen molar-refractivity contribution in [3.63, 3.8) is 0 Å². The number of unbranched alkanes of at least 4 members (excludes halogenated alkanes) is 13. The highest BCUT2D eigenvalue weighted by Crippen LogP contribution is 2.12. The van der Waals surface area contributed by atoms with E-state index in [2.05, 4.69) is 79.9 Å². The Hall–Kier alpha value is -3.20. The maximum absolute atomic E-state index is 12.6. The van der Waals surface area contributed by atoms with Crippen molar-refractivity contribution < 1.29 is 33.0 Å². The third kappa shape index (κ3) is 31.2. The van der Waals surface area contributed by atoms with Gasteiger partial charge in [0.25, 0.3) is 0 Å². The van der Waals surface area contributed by atoms with Crippen LogP contribution in [0.5, 0.6) is 0 Å². The molecule has 54 heavy (non-hydrogen) atoms. The average Bonchev–Trinajstić information content (AvgIpc) is 3.15. The van der Waals surface area contributed by atoms with E-state index in [0.717, 1.165) is 103 Å². The van der Waals surface area contributed by atoms with Crippen LogP contribution in [-0.2, 0) is 23.8 Å². The van der Waals surface area contributed by atoms with Crippen LogP contribution in [0.15, 0.2) is 60.8 Å². The van der Waals surface area contributed by atoms with Crippen molar-refractivity contribution in [1.82, 2.24) is 10.2 Å². The van der Waals surface area contributed by atoms with Gasteiger partial charge >= 0.3 is 18.0 Å². The molecule has 1 amide bonds. The van der Waals surface area contributed by atoms with E-state index in [1.807, 2.05) is 4.90 Å². The number of amides is 1. The predicted octanol–water partition coefficient (Wildman–Crippen LogP) is 11.2. The summed E-state index contributed by atoms with van der Waals surface area (Å²) in [5.41, 5.74) is 0. The summed E-state index contributed by atoms with van der Waals surface area (Å²) < 4.78 is 28.9. The molecule has 1 saturated heterocycles. The fourth-order valence-electron chi connectivity index (χ4n) is 5.92. The topological polar surface area (TPSA) is 94.2 Å². The second-order valence-electron chi connectivity index (χ2n) is 14.3. The quantitative estimate of drug-likeness (QED) is 0.0298. The molecule has 1 atom stereocenters. The van der Waals surface area contributed by atoms with Gasteiger partial charge in [-0.1, -0.05) is 126 Å². The Morgan fingerprint density at radius 1 is 0.630 bits per heavy atom. The Morgan fingerprint density at radius 3 is 1.56 bits per heavy atom. The standard InChI is InChI=1S/C45H75FN2O6/c1-3-5-7-9-11-13-15-17-19-21-23-25-27-29-31-33-43(49)52-39-42(54-45(51)47-41-37-48(38-41)36-35-46)40-53-44(50)34-32-30-28-26-24-22-20-18-16-14-12-10-8-6-4-2/h5,7,11-14,17-20,41-42H,3-4,6,8-10,15-16,21-40H2,1-2H3,(H,47,51)/b7-5-,13-11-,14-12-,19-17-,20-18-. The first-order chi connectivity index (χ1) is 26.5. The molecule has 0 aliphatic carbocycles. The molecule has 0 radical (unpaired) electrons. The van der Waals surface area contributed by atoms with E-state index in [0.29, 0.717) is 26.1 Å². The number of likely N-dealkylation sites (tertiary alicyclic amines) is 1. The van der Waals surface area contributed by atoms with Crippen LogP contribution in [0.3, 0.4) is 0 Å². The van der Waals surface area contributed by atoms with Gasteiger partial charge in [0.15, 0.2) is 6.10 Å². The summed E-state index contributed by atoms with van der Waals surface area (Å²) in [6.07, 6.45) is 42.5. The first-order valence-corrected chi connectivity index (χ1v) is 21.3. The summed E-state index contributed by atoms with van der Waals surface area (Å²) in [7, 11) is 0. The van der Waals surface area contributed by atoms with Gasteiger partial charge in [-0.3, -0.25) is 14.5 Å². The lowest BCUT2D eigenvalue weighted by atomic mass is 10.1. The summed E-state index contributed by atoms with van der Waals surface area (Å²) in [6, 6.07) is -0.135. The van der Waals surface area contributed by atoms with Crippen LogP contribution in [0.4, 0.5) is 9.18 Å². The molecule has 0 aromatic carbocycles. The van der Waals surface area contributed by atoms with Crippen molar-refractivity contribution in [3.8, 4) is 0 Å². The second-order valence-corrected chi connectivity index (χ2v) is 14.3. The zero-order valence-electron chi connectivity index (χ0n) is 34.0. The summed E-state index contributed by atoms with van der Waals surface area (Å²) in [5.74, 6) is -0.716. The van der Waals surface area contributed by atoms with E-state index in [-0.39, 0.29) is 37.6 Å². The van der Waals surface area contributed by atoms with Crippen LogP contribution in [0.2, 0.25) is 0 Å². The highest BCUT2D eigenvalue weighted by atomic mass is 19.1. The number of allylic oxidation sites excluding steroid dienone is 10. The van der Waals surface area contributed by atoms with Gasteiger partial charge in [0.05, 0.1) is 6.04 Å². The summed E-state index contributed by atoms with van der Waals surface area (Å²) >= 11 is 0. The van der Waals surface area contributed by atoms with E-state index in [9.17, 15) is 18.8 Å². The lowest BCUT2D eigenvalue weighted by Crippen LogP contribution is -2.60. The highest BCUT2D eigenvalue weighted by molar-refractivity contribution is 5.70. The predicted molar refractivity (Wildman–Crippen MR) is 220 cm³/mol. The van der Waals surface area contributed by atoms with Crippen molar-refractivity contribution in [3.05, 3.63) is 60.8 Å². The number of esters is 2. The number of halogens is 1. The minimum absolute atomic E-state index is 0.135. The molecule has 9 heteroatoms. The molecule has 308 valence electrons. The maximum Gasteiger partial charge on any atom is 0.407 e. The van der Waals surface area contributed by atoms with E-state index < -0.39 is 18.9 Å².